The van der Waals surface area contributed by atoms with E-state index in [-0.39, 0.29) is 11.8 Å². The van der Waals surface area contributed by atoms with Gasteiger partial charge in [-0.1, -0.05) is 22.0 Å². The molecule has 1 aliphatic rings. The van der Waals surface area contributed by atoms with Crippen molar-refractivity contribution in [3.63, 3.8) is 0 Å². The number of halogens is 1. The Morgan fingerprint density at radius 1 is 1.03 bits per heavy atom. The zero-order valence-electron chi connectivity index (χ0n) is 16.6. The molecule has 0 unspecified atom stereocenters. The molecule has 1 aliphatic heterocycles. The Bertz CT molecular complexity index is 879. The number of ether oxygens (including phenoxy) is 2. The minimum Gasteiger partial charge on any atom is -0.493 e. The number of nitrogens with one attached hydrogen (secondary N) is 1. The summed E-state index contributed by atoms with van der Waals surface area (Å²) in [7, 11) is 3.11. The van der Waals surface area contributed by atoms with Crippen molar-refractivity contribution in [2.75, 3.05) is 33.9 Å². The van der Waals surface area contributed by atoms with E-state index >= 15 is 0 Å². The zero-order valence-corrected chi connectivity index (χ0v) is 18.2. The summed E-state index contributed by atoms with van der Waals surface area (Å²) in [6.07, 6.45) is 1.73. The zero-order chi connectivity index (χ0) is 20.8. The van der Waals surface area contributed by atoms with Crippen molar-refractivity contribution in [2.45, 2.75) is 12.8 Å². The molecule has 0 spiro atoms. The molecule has 1 saturated heterocycles. The van der Waals surface area contributed by atoms with Crippen LogP contribution in [-0.4, -0.2) is 50.6 Å². The van der Waals surface area contributed by atoms with Crippen LogP contribution >= 0.6 is 15.9 Å². The van der Waals surface area contributed by atoms with Gasteiger partial charge >= 0.3 is 0 Å². The van der Waals surface area contributed by atoms with Crippen LogP contribution < -0.4 is 14.8 Å². The molecule has 2 amide bonds. The van der Waals surface area contributed by atoms with Crippen LogP contribution in [0.1, 0.15) is 33.6 Å². The van der Waals surface area contributed by atoms with E-state index in [9.17, 15) is 9.59 Å². The lowest BCUT2D eigenvalue weighted by atomic mass is 9.96. The van der Waals surface area contributed by atoms with E-state index < -0.39 is 0 Å². The van der Waals surface area contributed by atoms with Crippen molar-refractivity contribution >= 4 is 27.7 Å². The smallest absolute Gasteiger partial charge is 0.253 e. The van der Waals surface area contributed by atoms with Crippen LogP contribution in [0.2, 0.25) is 0 Å². The second-order valence-electron chi connectivity index (χ2n) is 7.03. The Morgan fingerprint density at radius 2 is 1.76 bits per heavy atom. The first kappa shape index (κ1) is 21.2. The van der Waals surface area contributed by atoms with Gasteiger partial charge in [0.15, 0.2) is 11.5 Å². The standard InChI is InChI=1S/C22H25BrN2O4/c1-28-19-7-6-16(13-20(19)29-2)21(26)24-14-15-8-10-25(11-9-15)22(27)17-4-3-5-18(23)12-17/h3-7,12-13,15H,8-11,14H2,1-2H3,(H,24,26). The number of rotatable bonds is 6. The van der Waals surface area contributed by atoms with E-state index in [2.05, 4.69) is 21.2 Å². The van der Waals surface area contributed by atoms with Crippen LogP contribution in [0.25, 0.3) is 0 Å². The van der Waals surface area contributed by atoms with Gasteiger partial charge in [0.1, 0.15) is 0 Å². The molecular weight excluding hydrogens is 436 g/mol. The lowest BCUT2D eigenvalue weighted by Crippen LogP contribution is -2.41. The van der Waals surface area contributed by atoms with Crippen molar-refractivity contribution in [1.29, 1.82) is 0 Å². The number of carbonyl (C=O) groups excluding carboxylic acids is 2. The first-order chi connectivity index (χ1) is 14.0. The topological polar surface area (TPSA) is 67.9 Å². The second-order valence-corrected chi connectivity index (χ2v) is 7.94. The molecule has 2 aromatic carbocycles. The molecule has 154 valence electrons. The van der Waals surface area contributed by atoms with Gasteiger partial charge in [0.2, 0.25) is 0 Å². The molecule has 6 nitrogen and oxygen atoms in total. The van der Waals surface area contributed by atoms with Gasteiger partial charge in [0, 0.05) is 35.2 Å². The number of piperidine rings is 1. The number of nitrogens with zero attached hydrogens (tertiary/aromatic N) is 1. The molecule has 1 fully saturated rings. The Labute approximate surface area is 179 Å². The number of likely N-dealkylation sites (tertiary alicyclic amines) is 1. The Hall–Kier alpha value is -2.54. The molecule has 1 N–H and O–H groups in total. The van der Waals surface area contributed by atoms with Gasteiger partial charge in [-0.05, 0) is 55.2 Å². The van der Waals surface area contributed by atoms with Gasteiger partial charge in [0.05, 0.1) is 14.2 Å². The summed E-state index contributed by atoms with van der Waals surface area (Å²) in [6.45, 7) is 1.98. The normalized spacial score (nSPS) is 14.4. The minimum absolute atomic E-state index is 0.0547. The number of carbonyl (C=O) groups is 2. The van der Waals surface area contributed by atoms with Gasteiger partial charge in [-0.2, -0.15) is 0 Å². The van der Waals surface area contributed by atoms with Crippen LogP contribution in [0.4, 0.5) is 0 Å². The minimum atomic E-state index is -0.140. The highest BCUT2D eigenvalue weighted by atomic mass is 79.9. The third kappa shape index (κ3) is 5.29. The summed E-state index contributed by atoms with van der Waals surface area (Å²) in [5.74, 6) is 1.38. The molecule has 0 aliphatic carbocycles. The maximum Gasteiger partial charge on any atom is 0.253 e. The van der Waals surface area contributed by atoms with Crippen molar-refractivity contribution in [3.05, 3.63) is 58.1 Å². The molecule has 0 saturated carbocycles. The number of benzene rings is 2. The van der Waals surface area contributed by atoms with Crippen molar-refractivity contribution in [1.82, 2.24) is 10.2 Å². The largest absolute Gasteiger partial charge is 0.493 e. The average Bonchev–Trinajstić information content (AvgIpc) is 2.76. The molecule has 1 heterocycles. The fourth-order valence-corrected chi connectivity index (χ4v) is 3.86. The fourth-order valence-electron chi connectivity index (χ4n) is 3.46. The van der Waals surface area contributed by atoms with E-state index in [1.54, 1.807) is 32.4 Å². The summed E-state index contributed by atoms with van der Waals surface area (Å²) in [5.41, 5.74) is 1.23. The van der Waals surface area contributed by atoms with Gasteiger partial charge < -0.3 is 19.7 Å². The van der Waals surface area contributed by atoms with Gasteiger partial charge in [-0.25, -0.2) is 0 Å². The van der Waals surface area contributed by atoms with E-state index in [0.29, 0.717) is 48.2 Å². The summed E-state index contributed by atoms with van der Waals surface area (Å²) in [6, 6.07) is 12.6. The highest BCUT2D eigenvalue weighted by Crippen LogP contribution is 2.27. The predicted octanol–water partition coefficient (Wildman–Crippen LogP) is 3.75. The molecule has 0 bridgehead atoms. The Morgan fingerprint density at radius 3 is 2.41 bits per heavy atom. The van der Waals surface area contributed by atoms with Gasteiger partial charge in [-0.15, -0.1) is 0 Å². The Balaban J connectivity index is 1.50. The second kappa shape index (κ2) is 9.78. The molecule has 2 aromatic rings. The predicted molar refractivity (Wildman–Crippen MR) is 115 cm³/mol. The average molecular weight is 461 g/mol. The fraction of sp³-hybridized carbons (Fsp3) is 0.364. The van der Waals surface area contributed by atoms with Crippen LogP contribution in [0, 0.1) is 5.92 Å². The number of hydrogen-bond donors (Lipinski definition) is 1. The highest BCUT2D eigenvalue weighted by Gasteiger charge is 2.24. The Kier molecular flexibility index (Phi) is 7.14. The van der Waals surface area contributed by atoms with Crippen LogP contribution in [0.15, 0.2) is 46.9 Å². The van der Waals surface area contributed by atoms with E-state index in [1.807, 2.05) is 29.2 Å². The van der Waals surface area contributed by atoms with Crippen LogP contribution in [0.3, 0.4) is 0 Å². The lowest BCUT2D eigenvalue weighted by molar-refractivity contribution is 0.0684. The van der Waals surface area contributed by atoms with E-state index in [1.165, 1.54) is 0 Å². The third-order valence-corrected chi connectivity index (χ3v) is 5.66. The van der Waals surface area contributed by atoms with E-state index in [4.69, 9.17) is 9.47 Å². The molecular formula is C22H25BrN2O4. The number of hydrogen-bond acceptors (Lipinski definition) is 4. The van der Waals surface area contributed by atoms with Crippen molar-refractivity contribution in [2.24, 2.45) is 5.92 Å². The summed E-state index contributed by atoms with van der Waals surface area (Å²) < 4.78 is 11.4. The van der Waals surface area contributed by atoms with E-state index in [0.717, 1.165) is 17.3 Å². The monoisotopic (exact) mass is 460 g/mol. The number of methoxy groups -OCH3 is 2. The van der Waals surface area contributed by atoms with Crippen molar-refractivity contribution < 1.29 is 19.1 Å². The lowest BCUT2D eigenvalue weighted by Gasteiger charge is -2.32. The van der Waals surface area contributed by atoms with Crippen LogP contribution in [0.5, 0.6) is 11.5 Å². The summed E-state index contributed by atoms with van der Waals surface area (Å²) >= 11 is 3.41. The molecule has 3 rings (SSSR count). The maximum absolute atomic E-state index is 12.6. The van der Waals surface area contributed by atoms with Crippen molar-refractivity contribution in [3.8, 4) is 11.5 Å². The number of amides is 2. The molecule has 7 heteroatoms. The maximum atomic E-state index is 12.6. The van der Waals surface area contributed by atoms with Crippen LogP contribution in [-0.2, 0) is 0 Å². The summed E-state index contributed by atoms with van der Waals surface area (Å²) in [4.78, 5) is 27.0. The first-order valence-corrected chi connectivity index (χ1v) is 10.4. The quantitative estimate of drug-likeness (QED) is 0.712. The molecule has 29 heavy (non-hydrogen) atoms. The van der Waals surface area contributed by atoms with Gasteiger partial charge in [-0.3, -0.25) is 9.59 Å². The third-order valence-electron chi connectivity index (χ3n) is 5.17. The van der Waals surface area contributed by atoms with Gasteiger partial charge in [0.25, 0.3) is 11.8 Å². The first-order valence-electron chi connectivity index (χ1n) is 9.57. The molecule has 0 aromatic heterocycles. The summed E-state index contributed by atoms with van der Waals surface area (Å²) in [5, 5.41) is 3.00. The highest BCUT2D eigenvalue weighted by molar-refractivity contribution is 9.10. The molecule has 0 radical (unpaired) electrons. The SMILES string of the molecule is COc1ccc(C(=O)NCC2CCN(C(=O)c3cccc(Br)c3)CC2)cc1OC. The molecule has 0 atom stereocenters.